The molecule has 1 heterocycles. The molecule has 1 aromatic rings. The van der Waals surface area contributed by atoms with Crippen LogP contribution in [0.5, 0.6) is 0 Å². The molecule has 0 aliphatic carbocycles. The van der Waals surface area contributed by atoms with Gasteiger partial charge in [-0.2, -0.15) is 0 Å². The van der Waals surface area contributed by atoms with Gasteiger partial charge in [0.1, 0.15) is 0 Å². The van der Waals surface area contributed by atoms with Crippen LogP contribution in [0.2, 0.25) is 0 Å². The minimum absolute atomic E-state index is 0.0841. The number of alkyl halides is 1. The Balaban J connectivity index is 2.04. The normalized spacial score (nSPS) is 19.4. The van der Waals surface area contributed by atoms with Gasteiger partial charge in [-0.25, -0.2) is 12.7 Å². The molecular formula is C12H16ClNO2S. The molecule has 0 spiro atoms. The van der Waals surface area contributed by atoms with Gasteiger partial charge in [0.2, 0.25) is 10.0 Å². The van der Waals surface area contributed by atoms with Gasteiger partial charge >= 0.3 is 0 Å². The van der Waals surface area contributed by atoms with E-state index in [0.29, 0.717) is 13.1 Å². The van der Waals surface area contributed by atoms with Gasteiger partial charge in [0, 0.05) is 18.5 Å². The van der Waals surface area contributed by atoms with E-state index in [9.17, 15) is 8.42 Å². The molecule has 0 unspecified atom stereocenters. The molecule has 0 atom stereocenters. The SMILES string of the molecule is O=S(=O)(Cc1ccccc1)N1CCC(Cl)CC1. The zero-order valence-corrected chi connectivity index (χ0v) is 11.1. The first-order valence-corrected chi connectivity index (χ1v) is 7.78. The Labute approximate surface area is 107 Å². The average Bonchev–Trinajstić information content (AvgIpc) is 2.30. The van der Waals surface area contributed by atoms with Crippen molar-refractivity contribution in [2.75, 3.05) is 13.1 Å². The molecule has 1 aliphatic heterocycles. The average molecular weight is 274 g/mol. The van der Waals surface area contributed by atoms with Crippen molar-refractivity contribution in [2.24, 2.45) is 0 Å². The van der Waals surface area contributed by atoms with Crippen molar-refractivity contribution in [1.82, 2.24) is 4.31 Å². The van der Waals surface area contributed by atoms with Gasteiger partial charge in [0.25, 0.3) is 0 Å². The predicted molar refractivity (Wildman–Crippen MR) is 69.5 cm³/mol. The maximum absolute atomic E-state index is 12.1. The first-order valence-electron chi connectivity index (χ1n) is 5.74. The van der Waals surface area contributed by atoms with Gasteiger partial charge in [-0.05, 0) is 18.4 Å². The zero-order valence-electron chi connectivity index (χ0n) is 9.55. The van der Waals surface area contributed by atoms with Crippen LogP contribution >= 0.6 is 11.6 Å². The summed E-state index contributed by atoms with van der Waals surface area (Å²) in [6, 6.07) is 9.28. The second kappa shape index (κ2) is 5.38. The lowest BCUT2D eigenvalue weighted by atomic mass is 10.2. The van der Waals surface area contributed by atoms with Crippen molar-refractivity contribution in [3.05, 3.63) is 35.9 Å². The van der Waals surface area contributed by atoms with E-state index in [1.807, 2.05) is 30.3 Å². The van der Waals surface area contributed by atoms with Crippen molar-refractivity contribution < 1.29 is 8.42 Å². The fourth-order valence-electron chi connectivity index (χ4n) is 1.98. The van der Waals surface area contributed by atoms with E-state index in [2.05, 4.69) is 0 Å². The summed E-state index contributed by atoms with van der Waals surface area (Å²) < 4.78 is 25.8. The number of sulfonamides is 1. The van der Waals surface area contributed by atoms with E-state index in [-0.39, 0.29) is 11.1 Å². The smallest absolute Gasteiger partial charge is 0.212 e. The van der Waals surface area contributed by atoms with Gasteiger partial charge in [0.15, 0.2) is 0 Å². The van der Waals surface area contributed by atoms with Crippen LogP contribution in [0, 0.1) is 0 Å². The first kappa shape index (κ1) is 12.9. The fourth-order valence-corrected chi connectivity index (χ4v) is 3.74. The molecule has 17 heavy (non-hydrogen) atoms. The molecule has 5 heteroatoms. The van der Waals surface area contributed by atoms with Crippen molar-refractivity contribution >= 4 is 21.6 Å². The molecule has 0 aromatic heterocycles. The van der Waals surface area contributed by atoms with Crippen molar-refractivity contribution in [2.45, 2.75) is 24.0 Å². The van der Waals surface area contributed by atoms with Gasteiger partial charge in [-0.3, -0.25) is 0 Å². The van der Waals surface area contributed by atoms with E-state index in [1.165, 1.54) is 0 Å². The van der Waals surface area contributed by atoms with Gasteiger partial charge in [0.05, 0.1) is 5.75 Å². The highest BCUT2D eigenvalue weighted by molar-refractivity contribution is 7.88. The maximum Gasteiger partial charge on any atom is 0.218 e. The van der Waals surface area contributed by atoms with E-state index in [4.69, 9.17) is 11.6 Å². The Hall–Kier alpha value is -0.580. The summed E-state index contributed by atoms with van der Waals surface area (Å²) in [6.07, 6.45) is 1.49. The van der Waals surface area contributed by atoms with E-state index < -0.39 is 10.0 Å². The third-order valence-electron chi connectivity index (χ3n) is 2.97. The Morgan fingerprint density at radius 2 is 1.76 bits per heavy atom. The summed E-state index contributed by atoms with van der Waals surface area (Å²) in [6.45, 7) is 1.09. The maximum atomic E-state index is 12.1. The zero-order chi connectivity index (χ0) is 12.3. The van der Waals surface area contributed by atoms with E-state index in [1.54, 1.807) is 4.31 Å². The number of hydrogen-bond acceptors (Lipinski definition) is 2. The van der Waals surface area contributed by atoms with E-state index >= 15 is 0 Å². The summed E-state index contributed by atoms with van der Waals surface area (Å²) in [5, 5.41) is 0.123. The largest absolute Gasteiger partial charge is 0.218 e. The molecule has 0 N–H and O–H groups in total. The summed E-state index contributed by atoms with van der Waals surface area (Å²) in [5.74, 6) is 0.0841. The molecular weight excluding hydrogens is 258 g/mol. The lowest BCUT2D eigenvalue weighted by Gasteiger charge is -2.28. The number of hydrogen-bond donors (Lipinski definition) is 0. The minimum atomic E-state index is -3.19. The van der Waals surface area contributed by atoms with E-state index in [0.717, 1.165) is 18.4 Å². The molecule has 0 saturated carbocycles. The van der Waals surface area contributed by atoms with Crippen LogP contribution in [0.4, 0.5) is 0 Å². The Kier molecular flexibility index (Phi) is 4.07. The second-order valence-corrected chi connectivity index (χ2v) is 6.90. The predicted octanol–water partition coefficient (Wildman–Crippen LogP) is 2.22. The van der Waals surface area contributed by atoms with Gasteiger partial charge < -0.3 is 0 Å². The first-order chi connectivity index (χ1) is 8.08. The van der Waals surface area contributed by atoms with Crippen molar-refractivity contribution in [1.29, 1.82) is 0 Å². The van der Waals surface area contributed by atoms with Gasteiger partial charge in [-0.1, -0.05) is 30.3 Å². The number of benzene rings is 1. The number of halogens is 1. The molecule has 1 fully saturated rings. The molecule has 1 aromatic carbocycles. The molecule has 2 rings (SSSR count). The van der Waals surface area contributed by atoms with Crippen LogP contribution in [0.25, 0.3) is 0 Å². The van der Waals surface area contributed by atoms with Crippen LogP contribution in [-0.4, -0.2) is 31.2 Å². The number of nitrogens with zero attached hydrogens (tertiary/aromatic N) is 1. The topological polar surface area (TPSA) is 37.4 Å². The van der Waals surface area contributed by atoms with Crippen molar-refractivity contribution in [3.63, 3.8) is 0 Å². The minimum Gasteiger partial charge on any atom is -0.212 e. The molecule has 3 nitrogen and oxygen atoms in total. The summed E-state index contributed by atoms with van der Waals surface area (Å²) >= 11 is 5.97. The Morgan fingerprint density at radius 3 is 2.35 bits per heavy atom. The van der Waals surface area contributed by atoms with Crippen LogP contribution in [0.1, 0.15) is 18.4 Å². The molecule has 0 bridgehead atoms. The Bertz CT molecular complexity index is 453. The fraction of sp³-hybridized carbons (Fsp3) is 0.500. The summed E-state index contributed by atoms with van der Waals surface area (Å²) in [7, 11) is -3.19. The van der Waals surface area contributed by atoms with Crippen LogP contribution in [0.15, 0.2) is 30.3 Å². The standard InChI is InChI=1S/C12H16ClNO2S/c13-12-6-8-14(9-7-12)17(15,16)10-11-4-2-1-3-5-11/h1-5,12H,6-10H2. The Morgan fingerprint density at radius 1 is 1.18 bits per heavy atom. The molecule has 1 aliphatic rings. The summed E-state index contributed by atoms with van der Waals surface area (Å²) in [5.41, 5.74) is 0.834. The lowest BCUT2D eigenvalue weighted by molar-refractivity contribution is 0.350. The molecule has 0 radical (unpaired) electrons. The van der Waals surface area contributed by atoms with Crippen LogP contribution < -0.4 is 0 Å². The van der Waals surface area contributed by atoms with Crippen LogP contribution in [0.3, 0.4) is 0 Å². The van der Waals surface area contributed by atoms with Gasteiger partial charge in [-0.15, -0.1) is 11.6 Å². The monoisotopic (exact) mass is 273 g/mol. The highest BCUT2D eigenvalue weighted by Gasteiger charge is 2.27. The number of rotatable bonds is 3. The molecule has 94 valence electrons. The van der Waals surface area contributed by atoms with Crippen molar-refractivity contribution in [3.8, 4) is 0 Å². The molecule has 0 amide bonds. The third kappa shape index (κ3) is 3.44. The number of piperidine rings is 1. The van der Waals surface area contributed by atoms with Crippen LogP contribution in [-0.2, 0) is 15.8 Å². The summed E-state index contributed by atoms with van der Waals surface area (Å²) in [4.78, 5) is 0. The highest BCUT2D eigenvalue weighted by Crippen LogP contribution is 2.20. The third-order valence-corrected chi connectivity index (χ3v) is 5.26. The quantitative estimate of drug-likeness (QED) is 0.792. The molecule has 1 saturated heterocycles. The highest BCUT2D eigenvalue weighted by atomic mass is 35.5. The second-order valence-electron chi connectivity index (χ2n) is 4.32. The lowest BCUT2D eigenvalue weighted by Crippen LogP contribution is -2.39.